The first-order valence-corrected chi connectivity index (χ1v) is 8.01. The van der Waals surface area contributed by atoms with Gasteiger partial charge in [-0.05, 0) is 31.4 Å². The number of hydrogen-bond donors (Lipinski definition) is 1. The molecule has 1 saturated carbocycles. The van der Waals surface area contributed by atoms with E-state index in [1.54, 1.807) is 6.07 Å². The lowest BCUT2D eigenvalue weighted by Gasteiger charge is -2.21. The SMILES string of the molecule is CS(=O)(=O)C1CCCC1Nc1ccccc1Cl. The second-order valence-electron chi connectivity index (χ2n) is 4.53. The lowest BCUT2D eigenvalue weighted by molar-refractivity contribution is 0.579. The van der Waals surface area contributed by atoms with Gasteiger partial charge in [-0.15, -0.1) is 0 Å². The quantitative estimate of drug-likeness (QED) is 0.921. The Labute approximate surface area is 107 Å². The van der Waals surface area contributed by atoms with Gasteiger partial charge in [0.05, 0.1) is 16.0 Å². The molecule has 0 amide bonds. The number of hydrogen-bond acceptors (Lipinski definition) is 3. The highest BCUT2D eigenvalue weighted by Gasteiger charge is 2.34. The average molecular weight is 274 g/mol. The van der Waals surface area contributed by atoms with Crippen LogP contribution < -0.4 is 5.32 Å². The van der Waals surface area contributed by atoms with Gasteiger partial charge < -0.3 is 5.32 Å². The predicted molar refractivity (Wildman–Crippen MR) is 71.3 cm³/mol. The van der Waals surface area contributed by atoms with Crippen LogP contribution in [0.15, 0.2) is 24.3 Å². The maximum absolute atomic E-state index is 11.6. The summed E-state index contributed by atoms with van der Waals surface area (Å²) in [6.45, 7) is 0. The van der Waals surface area contributed by atoms with E-state index in [9.17, 15) is 8.42 Å². The Morgan fingerprint density at radius 2 is 2.00 bits per heavy atom. The highest BCUT2D eigenvalue weighted by Crippen LogP contribution is 2.30. The third-order valence-electron chi connectivity index (χ3n) is 3.22. The van der Waals surface area contributed by atoms with Crippen LogP contribution in [0.3, 0.4) is 0 Å². The minimum atomic E-state index is -2.99. The zero-order valence-electron chi connectivity index (χ0n) is 9.69. The second-order valence-corrected chi connectivity index (χ2v) is 7.20. The Balaban J connectivity index is 2.17. The minimum Gasteiger partial charge on any atom is -0.380 e. The molecule has 94 valence electrons. The van der Waals surface area contributed by atoms with Crippen molar-refractivity contribution in [3.05, 3.63) is 29.3 Å². The zero-order valence-corrected chi connectivity index (χ0v) is 11.3. The van der Waals surface area contributed by atoms with E-state index in [4.69, 9.17) is 11.6 Å². The fourth-order valence-electron chi connectivity index (χ4n) is 2.38. The molecule has 0 saturated heterocycles. The summed E-state index contributed by atoms with van der Waals surface area (Å²) >= 11 is 6.05. The van der Waals surface area contributed by atoms with Crippen LogP contribution in [0.5, 0.6) is 0 Å². The normalized spacial score (nSPS) is 24.8. The van der Waals surface area contributed by atoms with E-state index in [0.717, 1.165) is 24.9 Å². The Bertz CT molecular complexity index is 501. The van der Waals surface area contributed by atoms with Crippen LogP contribution in [0.2, 0.25) is 5.02 Å². The largest absolute Gasteiger partial charge is 0.380 e. The Hall–Kier alpha value is -0.740. The molecule has 0 bridgehead atoms. The third-order valence-corrected chi connectivity index (χ3v) is 5.21. The Morgan fingerprint density at radius 3 is 2.65 bits per heavy atom. The standard InChI is InChI=1S/C12H16ClNO2S/c1-17(15,16)12-8-4-7-11(12)14-10-6-3-2-5-9(10)13/h2-3,5-6,11-12,14H,4,7-8H2,1H3. The van der Waals surface area contributed by atoms with E-state index in [0.29, 0.717) is 5.02 Å². The van der Waals surface area contributed by atoms with Crippen molar-refractivity contribution < 1.29 is 8.42 Å². The van der Waals surface area contributed by atoms with Crippen LogP contribution in [-0.2, 0) is 9.84 Å². The number of sulfone groups is 1. The summed E-state index contributed by atoms with van der Waals surface area (Å²) in [5.74, 6) is 0. The van der Waals surface area contributed by atoms with Crippen molar-refractivity contribution in [2.75, 3.05) is 11.6 Å². The first kappa shape index (κ1) is 12.7. The number of benzene rings is 1. The van der Waals surface area contributed by atoms with E-state index >= 15 is 0 Å². The van der Waals surface area contributed by atoms with Crippen LogP contribution in [-0.4, -0.2) is 26.0 Å². The van der Waals surface area contributed by atoms with Crippen molar-refractivity contribution in [2.45, 2.75) is 30.6 Å². The number of anilines is 1. The summed E-state index contributed by atoms with van der Waals surface area (Å²) in [5, 5.41) is 3.59. The molecule has 1 aliphatic carbocycles. The lowest BCUT2D eigenvalue weighted by Crippen LogP contribution is -2.34. The van der Waals surface area contributed by atoms with Gasteiger partial charge in [0.1, 0.15) is 0 Å². The monoisotopic (exact) mass is 273 g/mol. The van der Waals surface area contributed by atoms with Crippen LogP contribution in [0.25, 0.3) is 0 Å². The van der Waals surface area contributed by atoms with Gasteiger partial charge >= 0.3 is 0 Å². The fourth-order valence-corrected chi connectivity index (χ4v) is 3.97. The summed E-state index contributed by atoms with van der Waals surface area (Å²) < 4.78 is 23.3. The molecule has 2 atom stereocenters. The van der Waals surface area contributed by atoms with Crippen LogP contribution in [0.4, 0.5) is 5.69 Å². The summed E-state index contributed by atoms with van der Waals surface area (Å²) in [6.07, 6.45) is 3.87. The van der Waals surface area contributed by atoms with Gasteiger partial charge in [0.25, 0.3) is 0 Å². The van der Waals surface area contributed by atoms with E-state index in [-0.39, 0.29) is 11.3 Å². The van der Waals surface area contributed by atoms with Gasteiger partial charge in [-0.1, -0.05) is 23.7 Å². The van der Waals surface area contributed by atoms with Gasteiger partial charge in [0.2, 0.25) is 0 Å². The molecule has 1 N–H and O–H groups in total. The van der Waals surface area contributed by atoms with Crippen molar-refractivity contribution in [3.8, 4) is 0 Å². The molecule has 0 radical (unpaired) electrons. The molecule has 0 spiro atoms. The second kappa shape index (κ2) is 4.86. The molecule has 2 rings (SSSR count). The smallest absolute Gasteiger partial charge is 0.152 e. The average Bonchev–Trinajstić information content (AvgIpc) is 2.69. The van der Waals surface area contributed by atoms with Crippen LogP contribution in [0.1, 0.15) is 19.3 Å². The van der Waals surface area contributed by atoms with Crippen molar-refractivity contribution in [3.63, 3.8) is 0 Å². The molecule has 1 fully saturated rings. The van der Waals surface area contributed by atoms with Crippen molar-refractivity contribution in [1.82, 2.24) is 0 Å². The van der Waals surface area contributed by atoms with E-state index < -0.39 is 9.84 Å². The Kier molecular flexibility index (Phi) is 3.64. The molecule has 0 heterocycles. The molecular formula is C12H16ClNO2S. The maximum Gasteiger partial charge on any atom is 0.152 e. The predicted octanol–water partition coefficient (Wildman–Crippen LogP) is 2.72. The number of nitrogens with one attached hydrogen (secondary N) is 1. The summed E-state index contributed by atoms with van der Waals surface area (Å²) in [7, 11) is -2.99. The molecule has 1 aliphatic rings. The molecule has 0 aromatic heterocycles. The molecule has 3 nitrogen and oxygen atoms in total. The molecule has 5 heteroatoms. The summed E-state index contributed by atoms with van der Waals surface area (Å²) in [4.78, 5) is 0. The molecular weight excluding hydrogens is 258 g/mol. The van der Waals surface area contributed by atoms with Gasteiger partial charge in [-0.25, -0.2) is 8.42 Å². The number of para-hydroxylation sites is 1. The van der Waals surface area contributed by atoms with Crippen molar-refractivity contribution in [1.29, 1.82) is 0 Å². The fraction of sp³-hybridized carbons (Fsp3) is 0.500. The first-order chi connectivity index (χ1) is 7.98. The van der Waals surface area contributed by atoms with Gasteiger partial charge in [-0.3, -0.25) is 0 Å². The van der Waals surface area contributed by atoms with Crippen LogP contribution >= 0.6 is 11.6 Å². The van der Waals surface area contributed by atoms with Crippen molar-refractivity contribution >= 4 is 27.1 Å². The summed E-state index contributed by atoms with van der Waals surface area (Å²) in [5.41, 5.74) is 0.815. The lowest BCUT2D eigenvalue weighted by atomic mass is 10.2. The first-order valence-electron chi connectivity index (χ1n) is 5.68. The topological polar surface area (TPSA) is 46.2 Å². The van der Waals surface area contributed by atoms with Crippen molar-refractivity contribution in [2.24, 2.45) is 0 Å². The molecule has 1 aromatic rings. The molecule has 1 aromatic carbocycles. The van der Waals surface area contributed by atoms with E-state index in [1.165, 1.54) is 6.26 Å². The van der Waals surface area contributed by atoms with Gasteiger partial charge in [0.15, 0.2) is 9.84 Å². The van der Waals surface area contributed by atoms with Gasteiger partial charge in [0, 0.05) is 12.3 Å². The highest BCUT2D eigenvalue weighted by atomic mass is 35.5. The van der Waals surface area contributed by atoms with Crippen LogP contribution in [0, 0.1) is 0 Å². The molecule has 17 heavy (non-hydrogen) atoms. The maximum atomic E-state index is 11.6. The zero-order chi connectivity index (χ0) is 12.5. The minimum absolute atomic E-state index is 0.0232. The summed E-state index contributed by atoms with van der Waals surface area (Å²) in [6, 6.07) is 7.40. The number of rotatable bonds is 3. The molecule has 2 unspecified atom stereocenters. The molecule has 0 aliphatic heterocycles. The highest BCUT2D eigenvalue weighted by molar-refractivity contribution is 7.91. The third kappa shape index (κ3) is 2.93. The Morgan fingerprint density at radius 1 is 1.29 bits per heavy atom. The number of halogens is 1. The van der Waals surface area contributed by atoms with Gasteiger partial charge in [-0.2, -0.15) is 0 Å². The van der Waals surface area contributed by atoms with E-state index in [2.05, 4.69) is 5.32 Å². The van der Waals surface area contributed by atoms with E-state index in [1.807, 2.05) is 18.2 Å².